The predicted octanol–water partition coefficient (Wildman–Crippen LogP) is 2.07. The van der Waals surface area contributed by atoms with Gasteiger partial charge in [-0.1, -0.05) is 6.07 Å². The summed E-state index contributed by atoms with van der Waals surface area (Å²) in [6.07, 6.45) is 1.73. The maximum Gasteiger partial charge on any atom is 0.184 e. The molecule has 22 heavy (non-hydrogen) atoms. The molecular weight excluding hydrogens is 280 g/mol. The minimum atomic E-state index is 0.278. The Morgan fingerprint density at radius 1 is 1.27 bits per heavy atom. The normalized spacial score (nSPS) is 12.7. The molecule has 0 atom stereocenters. The van der Waals surface area contributed by atoms with Crippen molar-refractivity contribution in [2.75, 3.05) is 24.9 Å². The predicted molar refractivity (Wildman–Crippen MR) is 82.8 cm³/mol. The molecule has 0 amide bonds. The molecule has 112 valence electrons. The van der Waals surface area contributed by atoms with E-state index in [4.69, 9.17) is 15.2 Å². The van der Waals surface area contributed by atoms with Crippen LogP contribution >= 0.6 is 0 Å². The highest BCUT2D eigenvalue weighted by Crippen LogP contribution is 2.41. The summed E-state index contributed by atoms with van der Waals surface area (Å²) in [4.78, 5) is 6.22. The van der Waals surface area contributed by atoms with Crippen molar-refractivity contribution in [1.82, 2.24) is 4.98 Å². The molecule has 0 spiro atoms. The number of nitrogens with zero attached hydrogens (tertiary/aromatic N) is 3. The van der Waals surface area contributed by atoms with E-state index in [0.717, 1.165) is 16.8 Å². The molecule has 0 saturated carbocycles. The third-order valence-electron chi connectivity index (χ3n) is 3.85. The average Bonchev–Trinajstić information content (AvgIpc) is 2.97. The number of para-hydroxylation sites is 1. The number of pyridine rings is 1. The number of benzene rings is 1. The van der Waals surface area contributed by atoms with Gasteiger partial charge in [0.15, 0.2) is 11.5 Å². The van der Waals surface area contributed by atoms with Crippen molar-refractivity contribution >= 4 is 11.5 Å². The molecule has 2 aromatic rings. The Morgan fingerprint density at radius 3 is 2.77 bits per heavy atom. The quantitative estimate of drug-likeness (QED) is 0.933. The second-order valence-electron chi connectivity index (χ2n) is 5.00. The zero-order valence-electron chi connectivity index (χ0n) is 12.5. The van der Waals surface area contributed by atoms with Crippen LogP contribution in [-0.2, 0) is 13.1 Å². The van der Waals surface area contributed by atoms with E-state index < -0.39 is 0 Å². The lowest BCUT2D eigenvalue weighted by Crippen LogP contribution is -2.15. The highest BCUT2D eigenvalue weighted by molar-refractivity contribution is 5.68. The Hall–Kier alpha value is -2.94. The van der Waals surface area contributed by atoms with Crippen LogP contribution in [0, 0.1) is 11.3 Å². The molecule has 6 heteroatoms. The summed E-state index contributed by atoms with van der Waals surface area (Å²) in [6, 6.07) is 7.88. The van der Waals surface area contributed by atoms with Crippen LogP contribution in [0.1, 0.15) is 16.7 Å². The molecule has 3 rings (SSSR count). The van der Waals surface area contributed by atoms with Gasteiger partial charge < -0.3 is 20.1 Å². The molecule has 0 saturated heterocycles. The molecule has 0 unspecified atom stereocenters. The number of nitrogen functional groups attached to an aromatic ring is 1. The largest absolute Gasteiger partial charge is 0.493 e. The van der Waals surface area contributed by atoms with Crippen molar-refractivity contribution in [1.29, 1.82) is 5.26 Å². The van der Waals surface area contributed by atoms with Crippen LogP contribution in [-0.4, -0.2) is 19.2 Å². The molecule has 0 aliphatic carbocycles. The minimum absolute atomic E-state index is 0.278. The number of methoxy groups -OCH3 is 2. The van der Waals surface area contributed by atoms with Crippen LogP contribution in [0.15, 0.2) is 24.4 Å². The van der Waals surface area contributed by atoms with Crippen molar-refractivity contribution in [3.8, 4) is 17.6 Å². The van der Waals surface area contributed by atoms with Crippen molar-refractivity contribution in [3.63, 3.8) is 0 Å². The van der Waals surface area contributed by atoms with Gasteiger partial charge in [-0.05, 0) is 23.3 Å². The van der Waals surface area contributed by atoms with E-state index in [0.29, 0.717) is 30.2 Å². The fourth-order valence-corrected chi connectivity index (χ4v) is 2.79. The third kappa shape index (κ3) is 2.07. The van der Waals surface area contributed by atoms with Gasteiger partial charge in [0.05, 0.1) is 25.5 Å². The number of aromatic nitrogens is 1. The fourth-order valence-electron chi connectivity index (χ4n) is 2.79. The Balaban J connectivity index is 2.03. The van der Waals surface area contributed by atoms with Gasteiger partial charge in [0.1, 0.15) is 11.9 Å². The Labute approximate surface area is 128 Å². The summed E-state index contributed by atoms with van der Waals surface area (Å²) in [6.45, 7) is 1.25. The lowest BCUT2D eigenvalue weighted by Gasteiger charge is -2.22. The molecular formula is C16H16N4O2. The second-order valence-corrected chi connectivity index (χ2v) is 5.00. The average molecular weight is 296 g/mol. The number of hydrogen-bond donors (Lipinski definition) is 1. The van der Waals surface area contributed by atoms with Crippen LogP contribution in [0.4, 0.5) is 11.5 Å². The van der Waals surface area contributed by atoms with Crippen LogP contribution in [0.3, 0.4) is 0 Å². The first-order valence-corrected chi connectivity index (χ1v) is 6.81. The molecule has 1 aliphatic heterocycles. The summed E-state index contributed by atoms with van der Waals surface area (Å²) in [5.41, 5.74) is 9.11. The van der Waals surface area contributed by atoms with E-state index in [1.54, 1.807) is 20.4 Å². The van der Waals surface area contributed by atoms with Crippen LogP contribution in [0.2, 0.25) is 0 Å². The number of nitrogens with two attached hydrogens (primary N) is 1. The van der Waals surface area contributed by atoms with Gasteiger partial charge in [0.25, 0.3) is 0 Å². The van der Waals surface area contributed by atoms with Gasteiger partial charge in [0, 0.05) is 19.3 Å². The number of hydrogen-bond acceptors (Lipinski definition) is 6. The lowest BCUT2D eigenvalue weighted by atomic mass is 10.1. The Bertz CT molecular complexity index is 767. The van der Waals surface area contributed by atoms with Gasteiger partial charge in [0.2, 0.25) is 0 Å². The van der Waals surface area contributed by atoms with Crippen LogP contribution in [0.5, 0.6) is 11.5 Å². The molecule has 1 aromatic heterocycles. The Morgan fingerprint density at radius 2 is 2.09 bits per heavy atom. The van der Waals surface area contributed by atoms with Gasteiger partial charge in [-0.2, -0.15) is 5.26 Å². The highest BCUT2D eigenvalue weighted by atomic mass is 16.5. The summed E-state index contributed by atoms with van der Waals surface area (Å²) < 4.78 is 10.8. The standard InChI is InChI=1S/C16H16N4O2/c1-21-14-5-3-4-13(15(14)22-2)20-8-10-7-19-16(18)11(6-17)12(10)9-20/h3-5,7H,8-9H2,1-2H3,(H2,18,19). The van der Waals surface area contributed by atoms with E-state index >= 15 is 0 Å². The van der Waals surface area contributed by atoms with Gasteiger partial charge in [-0.15, -0.1) is 0 Å². The Kier molecular flexibility index (Phi) is 3.47. The summed E-state index contributed by atoms with van der Waals surface area (Å²) >= 11 is 0. The fraction of sp³-hybridized carbons (Fsp3) is 0.250. The zero-order valence-corrected chi connectivity index (χ0v) is 12.5. The van der Waals surface area contributed by atoms with E-state index in [-0.39, 0.29) is 5.82 Å². The van der Waals surface area contributed by atoms with Crippen molar-refractivity contribution < 1.29 is 9.47 Å². The topological polar surface area (TPSA) is 84.4 Å². The molecule has 6 nitrogen and oxygen atoms in total. The van der Waals surface area contributed by atoms with E-state index in [9.17, 15) is 5.26 Å². The van der Waals surface area contributed by atoms with Crippen molar-refractivity contribution in [2.45, 2.75) is 13.1 Å². The van der Waals surface area contributed by atoms with Crippen molar-refractivity contribution in [3.05, 3.63) is 41.1 Å². The van der Waals surface area contributed by atoms with Crippen LogP contribution in [0.25, 0.3) is 0 Å². The van der Waals surface area contributed by atoms with E-state index in [2.05, 4.69) is 16.0 Å². The van der Waals surface area contributed by atoms with E-state index in [1.807, 2.05) is 18.2 Å². The molecule has 2 heterocycles. The maximum absolute atomic E-state index is 9.29. The molecule has 0 fully saturated rings. The van der Waals surface area contributed by atoms with Gasteiger partial charge in [-0.25, -0.2) is 4.98 Å². The molecule has 1 aromatic carbocycles. The number of anilines is 2. The molecule has 0 bridgehead atoms. The zero-order chi connectivity index (χ0) is 15.7. The first kappa shape index (κ1) is 14.0. The number of nitriles is 1. The van der Waals surface area contributed by atoms with Gasteiger partial charge >= 0.3 is 0 Å². The third-order valence-corrected chi connectivity index (χ3v) is 3.85. The molecule has 0 radical (unpaired) electrons. The van der Waals surface area contributed by atoms with Gasteiger partial charge in [-0.3, -0.25) is 0 Å². The summed E-state index contributed by atoms with van der Waals surface area (Å²) in [5, 5.41) is 9.29. The molecule has 2 N–H and O–H groups in total. The summed E-state index contributed by atoms with van der Waals surface area (Å²) in [5.74, 6) is 1.63. The minimum Gasteiger partial charge on any atom is -0.493 e. The number of fused-ring (bicyclic) bond motifs is 1. The van der Waals surface area contributed by atoms with Crippen molar-refractivity contribution in [2.24, 2.45) is 0 Å². The summed E-state index contributed by atoms with van der Waals surface area (Å²) in [7, 11) is 3.23. The number of ether oxygens (including phenoxy) is 2. The number of rotatable bonds is 3. The monoisotopic (exact) mass is 296 g/mol. The maximum atomic E-state index is 9.29. The first-order valence-electron chi connectivity index (χ1n) is 6.81. The first-order chi connectivity index (χ1) is 10.7. The lowest BCUT2D eigenvalue weighted by molar-refractivity contribution is 0.355. The SMILES string of the molecule is COc1cccc(N2Cc3cnc(N)c(C#N)c3C2)c1OC. The second kappa shape index (κ2) is 5.45. The smallest absolute Gasteiger partial charge is 0.184 e. The highest BCUT2D eigenvalue weighted by Gasteiger charge is 2.26. The molecule has 1 aliphatic rings. The van der Waals surface area contributed by atoms with Crippen LogP contribution < -0.4 is 20.1 Å². The van der Waals surface area contributed by atoms with E-state index in [1.165, 1.54) is 0 Å².